The van der Waals surface area contributed by atoms with Gasteiger partial charge < -0.3 is 4.74 Å². The highest BCUT2D eigenvalue weighted by Crippen LogP contribution is 2.63. The summed E-state index contributed by atoms with van der Waals surface area (Å²) in [6.07, 6.45) is 5.49. The second-order valence-electron chi connectivity index (χ2n) is 5.26. The Kier molecular flexibility index (Phi) is 1.76. The van der Waals surface area contributed by atoms with Crippen LogP contribution in [0.1, 0.15) is 46.5 Å². The van der Waals surface area contributed by atoms with Crippen LogP contribution in [0.3, 0.4) is 0 Å². The number of fused-ring (bicyclic) bond motifs is 1. The zero-order valence-corrected chi connectivity index (χ0v) is 8.52. The van der Waals surface area contributed by atoms with Gasteiger partial charge in [-0.25, -0.2) is 0 Å². The molecular weight excluding hydrogens is 148 g/mol. The number of rotatable bonds is 2. The second kappa shape index (κ2) is 2.47. The van der Waals surface area contributed by atoms with Gasteiger partial charge in [-0.2, -0.15) is 0 Å². The summed E-state index contributed by atoms with van der Waals surface area (Å²) in [6, 6.07) is 0. The Morgan fingerprint density at radius 2 is 2.17 bits per heavy atom. The minimum atomic E-state index is 0.155. The predicted molar refractivity (Wildman–Crippen MR) is 50.1 cm³/mol. The van der Waals surface area contributed by atoms with Gasteiger partial charge in [-0.15, -0.1) is 0 Å². The van der Waals surface area contributed by atoms with Crippen LogP contribution in [0.25, 0.3) is 0 Å². The van der Waals surface area contributed by atoms with Crippen LogP contribution >= 0.6 is 0 Å². The smallest absolute Gasteiger partial charge is 0.0632 e. The van der Waals surface area contributed by atoms with Crippen LogP contribution in [0.15, 0.2) is 0 Å². The maximum absolute atomic E-state index is 5.79. The Morgan fingerprint density at radius 3 is 2.83 bits per heavy atom. The molecule has 0 amide bonds. The summed E-state index contributed by atoms with van der Waals surface area (Å²) in [7, 11) is 0. The zero-order valence-electron chi connectivity index (χ0n) is 8.52. The highest BCUT2D eigenvalue weighted by Gasteiger charge is 2.58. The lowest BCUT2D eigenvalue weighted by Crippen LogP contribution is -2.35. The molecule has 0 aromatic rings. The van der Waals surface area contributed by atoms with Gasteiger partial charge in [0.15, 0.2) is 0 Å². The molecule has 1 aliphatic heterocycles. The van der Waals surface area contributed by atoms with Crippen molar-refractivity contribution in [1.82, 2.24) is 0 Å². The zero-order chi connectivity index (χ0) is 8.82. The lowest BCUT2D eigenvalue weighted by atomic mass is 9.83. The van der Waals surface area contributed by atoms with Crippen LogP contribution in [0, 0.1) is 11.3 Å². The third kappa shape index (κ3) is 1.28. The van der Waals surface area contributed by atoms with E-state index in [9.17, 15) is 0 Å². The lowest BCUT2D eigenvalue weighted by molar-refractivity contribution is -0.0770. The summed E-state index contributed by atoms with van der Waals surface area (Å²) in [5, 5.41) is 0. The molecule has 1 nitrogen and oxygen atoms in total. The van der Waals surface area contributed by atoms with Crippen molar-refractivity contribution in [3.63, 3.8) is 0 Å². The van der Waals surface area contributed by atoms with Gasteiger partial charge in [0.1, 0.15) is 0 Å². The van der Waals surface area contributed by atoms with Crippen molar-refractivity contribution in [3.8, 4) is 0 Å². The Balaban J connectivity index is 2.02. The van der Waals surface area contributed by atoms with E-state index in [-0.39, 0.29) is 5.60 Å². The summed E-state index contributed by atoms with van der Waals surface area (Å²) in [6.45, 7) is 7.79. The van der Waals surface area contributed by atoms with Gasteiger partial charge >= 0.3 is 0 Å². The molecule has 1 aliphatic carbocycles. The van der Waals surface area contributed by atoms with Crippen LogP contribution in [-0.4, -0.2) is 12.2 Å². The normalized spacial score (nSPS) is 43.8. The topological polar surface area (TPSA) is 9.23 Å². The molecule has 0 aromatic heterocycles. The maximum atomic E-state index is 5.79. The van der Waals surface area contributed by atoms with Gasteiger partial charge in [0, 0.05) is 0 Å². The third-order valence-electron chi connectivity index (χ3n) is 3.56. The molecule has 0 aromatic carbocycles. The fraction of sp³-hybridized carbons (Fsp3) is 1.00. The first-order valence-corrected chi connectivity index (χ1v) is 5.22. The molecule has 2 atom stereocenters. The third-order valence-corrected chi connectivity index (χ3v) is 3.56. The molecule has 1 saturated heterocycles. The maximum Gasteiger partial charge on any atom is 0.0632 e. The Labute approximate surface area is 75.5 Å². The molecule has 1 heterocycles. The number of hydrogen-bond donors (Lipinski definition) is 0. The summed E-state index contributed by atoms with van der Waals surface area (Å²) >= 11 is 0. The molecule has 0 bridgehead atoms. The van der Waals surface area contributed by atoms with E-state index in [2.05, 4.69) is 20.8 Å². The van der Waals surface area contributed by atoms with Crippen LogP contribution in [0.5, 0.6) is 0 Å². The van der Waals surface area contributed by atoms with Crippen molar-refractivity contribution in [2.45, 2.75) is 52.1 Å². The molecule has 70 valence electrons. The first kappa shape index (κ1) is 8.55. The number of ether oxygens (including phenoxy) is 1. The lowest BCUT2D eigenvalue weighted by Gasteiger charge is -2.35. The van der Waals surface area contributed by atoms with Crippen molar-refractivity contribution in [2.24, 2.45) is 11.3 Å². The van der Waals surface area contributed by atoms with Crippen molar-refractivity contribution >= 4 is 0 Å². The van der Waals surface area contributed by atoms with E-state index in [1.54, 1.807) is 0 Å². The monoisotopic (exact) mass is 168 g/mol. The summed E-state index contributed by atoms with van der Waals surface area (Å²) in [5.74, 6) is 0.908. The second-order valence-corrected chi connectivity index (χ2v) is 5.26. The first-order valence-electron chi connectivity index (χ1n) is 5.22. The quantitative estimate of drug-likeness (QED) is 0.616. The Hall–Kier alpha value is -0.0400. The molecule has 1 heteroatoms. The molecule has 0 radical (unpaired) electrons. The van der Waals surface area contributed by atoms with E-state index >= 15 is 0 Å². The fourth-order valence-corrected chi connectivity index (χ4v) is 3.00. The highest BCUT2D eigenvalue weighted by molar-refractivity contribution is 5.07. The molecular formula is C11H20O. The van der Waals surface area contributed by atoms with Crippen LogP contribution in [0.2, 0.25) is 0 Å². The van der Waals surface area contributed by atoms with Gasteiger partial charge in [-0.1, -0.05) is 13.3 Å². The molecule has 1 saturated carbocycles. The molecule has 0 N–H and O–H groups in total. The fourth-order valence-electron chi connectivity index (χ4n) is 3.00. The van der Waals surface area contributed by atoms with Gasteiger partial charge in [0.2, 0.25) is 0 Å². The van der Waals surface area contributed by atoms with Crippen LogP contribution < -0.4 is 0 Å². The molecule has 2 aliphatic rings. The van der Waals surface area contributed by atoms with E-state index < -0.39 is 0 Å². The minimum absolute atomic E-state index is 0.155. The average molecular weight is 168 g/mol. The summed E-state index contributed by atoms with van der Waals surface area (Å²) in [5.41, 5.74) is 0.860. The van der Waals surface area contributed by atoms with Gasteiger partial charge in [-0.3, -0.25) is 0 Å². The van der Waals surface area contributed by atoms with Crippen molar-refractivity contribution in [2.75, 3.05) is 6.61 Å². The van der Waals surface area contributed by atoms with Gasteiger partial charge in [0.05, 0.1) is 12.2 Å². The van der Waals surface area contributed by atoms with E-state index in [0.29, 0.717) is 5.41 Å². The standard InChI is InChI=1S/C11H20O/c1-4-5-11-6-9(11)7-12-10(2,3)8-11/h9H,4-8H2,1-3H3/t9-,11+/m0/s1. The Bertz CT molecular complexity index is 185. The van der Waals surface area contributed by atoms with Gasteiger partial charge in [-0.05, 0) is 44.4 Å². The summed E-state index contributed by atoms with van der Waals surface area (Å²) < 4.78 is 5.79. The molecule has 12 heavy (non-hydrogen) atoms. The van der Waals surface area contributed by atoms with Crippen molar-refractivity contribution in [3.05, 3.63) is 0 Å². The SMILES string of the molecule is CCC[C@]12C[C@H]1COC(C)(C)C2. The first-order chi connectivity index (χ1) is 5.58. The number of hydrogen-bond acceptors (Lipinski definition) is 1. The van der Waals surface area contributed by atoms with E-state index in [4.69, 9.17) is 4.74 Å². The molecule has 0 unspecified atom stereocenters. The average Bonchev–Trinajstić information content (AvgIpc) is 2.60. The molecule has 2 rings (SSSR count). The predicted octanol–water partition coefficient (Wildman–Crippen LogP) is 2.99. The van der Waals surface area contributed by atoms with E-state index in [0.717, 1.165) is 12.5 Å². The van der Waals surface area contributed by atoms with Crippen molar-refractivity contribution < 1.29 is 4.74 Å². The Morgan fingerprint density at radius 1 is 1.42 bits per heavy atom. The van der Waals surface area contributed by atoms with Crippen LogP contribution in [-0.2, 0) is 4.74 Å². The largest absolute Gasteiger partial charge is 0.375 e. The van der Waals surface area contributed by atoms with E-state index in [1.807, 2.05) is 0 Å². The highest BCUT2D eigenvalue weighted by atomic mass is 16.5. The molecule has 2 fully saturated rings. The molecule has 0 spiro atoms. The van der Waals surface area contributed by atoms with Crippen molar-refractivity contribution in [1.29, 1.82) is 0 Å². The summed E-state index contributed by atoms with van der Waals surface area (Å²) in [4.78, 5) is 0. The van der Waals surface area contributed by atoms with E-state index in [1.165, 1.54) is 25.7 Å². The van der Waals surface area contributed by atoms with Crippen LogP contribution in [0.4, 0.5) is 0 Å². The van der Waals surface area contributed by atoms with Gasteiger partial charge in [0.25, 0.3) is 0 Å². The minimum Gasteiger partial charge on any atom is -0.375 e.